The highest BCUT2D eigenvalue weighted by Crippen LogP contribution is 2.18. The number of nitrogens with one attached hydrogen (secondary N) is 1. The van der Waals surface area contributed by atoms with Gasteiger partial charge < -0.3 is 14.8 Å². The molecule has 0 bridgehead atoms. The topological polar surface area (TPSA) is 84.9 Å². The van der Waals surface area contributed by atoms with Crippen LogP contribution in [0.3, 0.4) is 0 Å². The lowest BCUT2D eigenvalue weighted by Gasteiger charge is -2.25. The van der Waals surface area contributed by atoms with Gasteiger partial charge in [0.05, 0.1) is 0 Å². The summed E-state index contributed by atoms with van der Waals surface area (Å²) in [7, 11) is 0. The van der Waals surface area contributed by atoms with E-state index in [1.807, 2.05) is 0 Å². The van der Waals surface area contributed by atoms with E-state index >= 15 is 0 Å². The van der Waals surface area contributed by atoms with Gasteiger partial charge in [0, 0.05) is 6.54 Å². The fourth-order valence-electron chi connectivity index (χ4n) is 2.03. The van der Waals surface area contributed by atoms with E-state index in [9.17, 15) is 27.6 Å². The molecule has 0 spiro atoms. The van der Waals surface area contributed by atoms with Crippen LogP contribution < -0.4 is 5.32 Å². The van der Waals surface area contributed by atoms with E-state index in [2.05, 4.69) is 10.1 Å². The molecule has 0 aromatic carbocycles. The molecule has 1 N–H and O–H groups in total. The third-order valence-corrected chi connectivity index (χ3v) is 2.96. The van der Waals surface area contributed by atoms with Crippen molar-refractivity contribution in [3.63, 3.8) is 0 Å². The maximum atomic E-state index is 12.3. The van der Waals surface area contributed by atoms with E-state index in [1.165, 1.54) is 0 Å². The molecule has 1 aliphatic heterocycles. The average Bonchev–Trinajstić information content (AvgIpc) is 2.56. The van der Waals surface area contributed by atoms with Gasteiger partial charge in [-0.25, -0.2) is 14.5 Å². The Morgan fingerprint density at radius 2 is 1.88 bits per heavy atom. The third kappa shape index (κ3) is 7.05. The van der Waals surface area contributed by atoms with Crippen LogP contribution in [-0.2, 0) is 14.3 Å². The van der Waals surface area contributed by atoms with E-state index in [1.54, 1.807) is 20.8 Å². The van der Waals surface area contributed by atoms with Gasteiger partial charge in [0.1, 0.15) is 11.6 Å². The number of hydrogen-bond donors (Lipinski definition) is 1. The third-order valence-electron chi connectivity index (χ3n) is 2.96. The van der Waals surface area contributed by atoms with Crippen molar-refractivity contribution < 1.29 is 37.0 Å². The van der Waals surface area contributed by atoms with Gasteiger partial charge in [0.2, 0.25) is 0 Å². The summed E-state index contributed by atoms with van der Waals surface area (Å²) < 4.78 is 45.5. The Hall–Kier alpha value is -2.00. The lowest BCUT2D eigenvalue weighted by atomic mass is 10.1. The van der Waals surface area contributed by atoms with E-state index < -0.39 is 42.5 Å². The van der Waals surface area contributed by atoms with Crippen molar-refractivity contribution in [2.24, 2.45) is 0 Å². The number of alkyl carbamates (subject to hydrolysis) is 1. The van der Waals surface area contributed by atoms with Crippen LogP contribution in [0.1, 0.15) is 40.0 Å². The zero-order chi connectivity index (χ0) is 18.5. The second kappa shape index (κ2) is 7.71. The molecular formula is C14H21F3N2O5. The van der Waals surface area contributed by atoms with Gasteiger partial charge in [0.15, 0.2) is 6.61 Å². The summed E-state index contributed by atoms with van der Waals surface area (Å²) in [5.74, 6) is -0.814. The number of alkyl halides is 3. The normalized spacial score (nSPS) is 19.5. The van der Waals surface area contributed by atoms with Crippen molar-refractivity contribution in [3.8, 4) is 0 Å². The maximum Gasteiger partial charge on any atom is 0.422 e. The van der Waals surface area contributed by atoms with Crippen LogP contribution >= 0.6 is 0 Å². The molecule has 0 unspecified atom stereocenters. The Kier molecular flexibility index (Phi) is 6.44. The monoisotopic (exact) mass is 354 g/mol. The van der Waals surface area contributed by atoms with E-state index in [0.717, 1.165) is 0 Å². The molecule has 1 heterocycles. The molecular weight excluding hydrogens is 333 g/mol. The molecule has 1 atom stereocenters. The first-order valence-corrected chi connectivity index (χ1v) is 7.43. The Labute approximate surface area is 137 Å². The van der Waals surface area contributed by atoms with Gasteiger partial charge in [-0.1, -0.05) is 0 Å². The fraction of sp³-hybridized carbons (Fsp3) is 0.786. The molecule has 0 aromatic heterocycles. The quantitative estimate of drug-likeness (QED) is 0.824. The number of amides is 3. The first kappa shape index (κ1) is 20.0. The van der Waals surface area contributed by atoms with Crippen LogP contribution in [0.15, 0.2) is 0 Å². The number of carbonyl (C=O) groups excluding carboxylic acids is 3. The van der Waals surface area contributed by atoms with Crippen molar-refractivity contribution in [1.82, 2.24) is 10.2 Å². The Morgan fingerprint density at radius 3 is 2.42 bits per heavy atom. The number of ether oxygens (including phenoxy) is 2. The van der Waals surface area contributed by atoms with E-state index in [-0.39, 0.29) is 13.0 Å². The highest BCUT2D eigenvalue weighted by molar-refractivity contribution is 5.96. The van der Waals surface area contributed by atoms with E-state index in [0.29, 0.717) is 17.7 Å². The number of halogens is 3. The van der Waals surface area contributed by atoms with Gasteiger partial charge in [-0.2, -0.15) is 13.2 Å². The molecule has 0 radical (unpaired) electrons. The predicted molar refractivity (Wildman–Crippen MR) is 76.1 cm³/mol. The number of hydrogen-bond acceptors (Lipinski definition) is 5. The molecule has 138 valence electrons. The predicted octanol–water partition coefficient (Wildman–Crippen LogP) is 2.59. The standard InChI is InChI=1S/C14H21F3N2O5/c1-13(2,3)24-11(21)18-9-6-4-5-7-19(10(9)20)12(22)23-8-14(15,16)17/h9H,4-8H2,1-3H3,(H,18,21)/t9-/m1/s1. The van der Waals surface area contributed by atoms with Crippen molar-refractivity contribution in [3.05, 3.63) is 0 Å². The number of likely N-dealkylation sites (tertiary alicyclic amines) is 1. The van der Waals surface area contributed by atoms with Crippen LogP contribution in [0.4, 0.5) is 22.8 Å². The molecule has 1 aliphatic rings. The molecule has 7 nitrogen and oxygen atoms in total. The van der Waals surface area contributed by atoms with Crippen LogP contribution in [0.25, 0.3) is 0 Å². The molecule has 0 aromatic rings. The summed E-state index contributed by atoms with van der Waals surface area (Å²) >= 11 is 0. The lowest BCUT2D eigenvalue weighted by molar-refractivity contribution is -0.164. The van der Waals surface area contributed by atoms with Crippen molar-refractivity contribution in [2.75, 3.05) is 13.2 Å². The van der Waals surface area contributed by atoms with Crippen molar-refractivity contribution >= 4 is 18.1 Å². The molecule has 1 fully saturated rings. The Balaban J connectivity index is 2.70. The van der Waals surface area contributed by atoms with Gasteiger partial charge in [-0.3, -0.25) is 4.79 Å². The zero-order valence-electron chi connectivity index (χ0n) is 13.7. The summed E-state index contributed by atoms with van der Waals surface area (Å²) in [6.45, 7) is 3.08. The molecule has 24 heavy (non-hydrogen) atoms. The van der Waals surface area contributed by atoms with E-state index in [4.69, 9.17) is 4.74 Å². The minimum atomic E-state index is -4.68. The summed E-state index contributed by atoms with van der Waals surface area (Å²) in [6, 6.07) is -1.05. The highest BCUT2D eigenvalue weighted by atomic mass is 19.4. The lowest BCUT2D eigenvalue weighted by Crippen LogP contribution is -2.50. The number of imide groups is 1. The van der Waals surface area contributed by atoms with Crippen molar-refractivity contribution in [2.45, 2.75) is 57.9 Å². The molecule has 1 saturated heterocycles. The molecule has 0 aliphatic carbocycles. The average molecular weight is 354 g/mol. The van der Waals surface area contributed by atoms with Crippen LogP contribution in [-0.4, -0.2) is 54.0 Å². The first-order chi connectivity index (χ1) is 10.9. The molecule has 0 saturated carbocycles. The number of nitrogens with zero attached hydrogens (tertiary/aromatic N) is 1. The molecule has 3 amide bonds. The Bertz CT molecular complexity index is 488. The molecule has 1 rings (SSSR count). The second-order valence-corrected chi connectivity index (χ2v) is 6.35. The van der Waals surface area contributed by atoms with Gasteiger partial charge in [-0.15, -0.1) is 0 Å². The van der Waals surface area contributed by atoms with Gasteiger partial charge >= 0.3 is 18.4 Å². The summed E-state index contributed by atoms with van der Waals surface area (Å²) in [4.78, 5) is 36.3. The summed E-state index contributed by atoms with van der Waals surface area (Å²) in [5, 5.41) is 2.34. The first-order valence-electron chi connectivity index (χ1n) is 7.43. The van der Waals surface area contributed by atoms with Crippen LogP contribution in [0, 0.1) is 0 Å². The largest absolute Gasteiger partial charge is 0.444 e. The summed E-state index contributed by atoms with van der Waals surface area (Å²) in [5.41, 5.74) is -0.775. The fourth-order valence-corrected chi connectivity index (χ4v) is 2.03. The maximum absolute atomic E-state index is 12.3. The SMILES string of the molecule is CC(C)(C)OC(=O)N[C@@H]1CCCCN(C(=O)OCC(F)(F)F)C1=O. The minimum Gasteiger partial charge on any atom is -0.444 e. The summed E-state index contributed by atoms with van der Waals surface area (Å²) in [6.07, 6.45) is -5.74. The Morgan fingerprint density at radius 1 is 1.25 bits per heavy atom. The molecule has 10 heteroatoms. The zero-order valence-corrected chi connectivity index (χ0v) is 13.7. The highest BCUT2D eigenvalue weighted by Gasteiger charge is 2.36. The van der Waals surface area contributed by atoms with Crippen molar-refractivity contribution in [1.29, 1.82) is 0 Å². The van der Waals surface area contributed by atoms with Gasteiger partial charge in [-0.05, 0) is 40.0 Å². The minimum absolute atomic E-state index is 0.0674. The second-order valence-electron chi connectivity index (χ2n) is 6.35. The van der Waals surface area contributed by atoms with Crippen LogP contribution in [0.2, 0.25) is 0 Å². The smallest absolute Gasteiger partial charge is 0.422 e. The number of rotatable bonds is 2. The van der Waals surface area contributed by atoms with Gasteiger partial charge in [0.25, 0.3) is 5.91 Å². The van der Waals surface area contributed by atoms with Crippen LogP contribution in [0.5, 0.6) is 0 Å². The number of carbonyl (C=O) groups is 3.